The van der Waals surface area contributed by atoms with Gasteiger partial charge in [-0.2, -0.15) is 5.26 Å². The van der Waals surface area contributed by atoms with Gasteiger partial charge in [0.2, 0.25) is 0 Å². The van der Waals surface area contributed by atoms with Crippen molar-refractivity contribution < 1.29 is 0 Å². The summed E-state index contributed by atoms with van der Waals surface area (Å²) in [5.74, 6) is 0.895. The standard InChI is InChI=1S/C12H21N5OS/c1-4-14-12(2,9-13)7-5-6-8-19-11-16-15-10(18)17(11)3/h14H,4-8H2,1-3H3,(H,15,18). The number of nitrogens with one attached hydrogen (secondary N) is 2. The second kappa shape index (κ2) is 7.36. The molecule has 7 heteroatoms. The largest absolute Gasteiger partial charge is 0.343 e. The SMILES string of the molecule is CCNC(C)(C#N)CCCCSc1n[nH]c(=O)n1C. The summed E-state index contributed by atoms with van der Waals surface area (Å²) in [6.45, 7) is 4.73. The molecule has 1 heterocycles. The number of H-pyrrole nitrogens is 1. The third-order valence-corrected chi connectivity index (χ3v) is 4.07. The smallest absolute Gasteiger partial charge is 0.300 e. The van der Waals surface area contributed by atoms with Crippen LogP contribution >= 0.6 is 11.8 Å². The second-order valence-corrected chi connectivity index (χ2v) is 5.71. The maximum atomic E-state index is 11.2. The highest BCUT2D eigenvalue weighted by Crippen LogP contribution is 2.17. The summed E-state index contributed by atoms with van der Waals surface area (Å²) in [6, 6.07) is 2.32. The zero-order valence-corrected chi connectivity index (χ0v) is 12.5. The van der Waals surface area contributed by atoms with Crippen LogP contribution in [0.5, 0.6) is 0 Å². The summed E-state index contributed by atoms with van der Waals surface area (Å²) < 4.78 is 1.50. The van der Waals surface area contributed by atoms with Crippen LogP contribution in [-0.2, 0) is 7.05 Å². The summed E-state index contributed by atoms with van der Waals surface area (Å²) in [6.07, 6.45) is 2.80. The van der Waals surface area contributed by atoms with Crippen molar-refractivity contribution in [2.24, 2.45) is 7.05 Å². The molecule has 1 aromatic heterocycles. The maximum Gasteiger partial charge on any atom is 0.343 e. The average molecular weight is 283 g/mol. The van der Waals surface area contributed by atoms with Crippen LogP contribution in [0.1, 0.15) is 33.1 Å². The van der Waals surface area contributed by atoms with Crippen LogP contribution in [0.3, 0.4) is 0 Å². The van der Waals surface area contributed by atoms with Crippen LogP contribution in [0.15, 0.2) is 9.95 Å². The number of hydrogen-bond acceptors (Lipinski definition) is 5. The molecule has 1 aromatic rings. The Morgan fingerprint density at radius 2 is 2.32 bits per heavy atom. The molecule has 1 unspecified atom stereocenters. The number of nitrogens with zero attached hydrogens (tertiary/aromatic N) is 3. The van der Waals surface area contributed by atoms with Crippen LogP contribution in [0.25, 0.3) is 0 Å². The Morgan fingerprint density at radius 3 is 2.84 bits per heavy atom. The molecule has 19 heavy (non-hydrogen) atoms. The number of unbranched alkanes of at least 4 members (excludes halogenated alkanes) is 1. The van der Waals surface area contributed by atoms with E-state index in [1.807, 2.05) is 13.8 Å². The van der Waals surface area contributed by atoms with Gasteiger partial charge in [0.15, 0.2) is 5.16 Å². The lowest BCUT2D eigenvalue weighted by atomic mass is 9.97. The van der Waals surface area contributed by atoms with Crippen LogP contribution < -0.4 is 11.0 Å². The van der Waals surface area contributed by atoms with Crippen LogP contribution in [0.2, 0.25) is 0 Å². The molecule has 0 saturated heterocycles. The lowest BCUT2D eigenvalue weighted by Gasteiger charge is -2.22. The van der Waals surface area contributed by atoms with Gasteiger partial charge >= 0.3 is 5.69 Å². The highest BCUT2D eigenvalue weighted by molar-refractivity contribution is 7.99. The highest BCUT2D eigenvalue weighted by atomic mass is 32.2. The van der Waals surface area contributed by atoms with E-state index in [0.29, 0.717) is 5.16 Å². The average Bonchev–Trinajstić information content (AvgIpc) is 2.70. The molecule has 0 fully saturated rings. The normalized spacial score (nSPS) is 14.0. The van der Waals surface area contributed by atoms with Crippen molar-refractivity contribution in [1.82, 2.24) is 20.1 Å². The highest BCUT2D eigenvalue weighted by Gasteiger charge is 2.21. The summed E-state index contributed by atoms with van der Waals surface area (Å²) in [4.78, 5) is 11.2. The predicted octanol–water partition coefficient (Wildman–Crippen LogP) is 1.26. The fourth-order valence-corrected chi connectivity index (χ4v) is 2.70. The van der Waals surface area contributed by atoms with Crippen molar-refractivity contribution >= 4 is 11.8 Å². The molecule has 0 aliphatic carbocycles. The molecule has 0 aliphatic heterocycles. The molecule has 0 spiro atoms. The first-order valence-electron chi connectivity index (χ1n) is 6.43. The third kappa shape index (κ3) is 4.73. The van der Waals surface area contributed by atoms with Gasteiger partial charge in [-0.3, -0.25) is 9.88 Å². The van der Waals surface area contributed by atoms with Gasteiger partial charge in [0, 0.05) is 12.8 Å². The fourth-order valence-electron chi connectivity index (χ4n) is 1.78. The van der Waals surface area contributed by atoms with Crippen LogP contribution in [-0.4, -0.2) is 32.6 Å². The Morgan fingerprint density at radius 1 is 1.58 bits per heavy atom. The summed E-state index contributed by atoms with van der Waals surface area (Å²) in [5, 5.41) is 19.4. The van der Waals surface area contributed by atoms with E-state index in [0.717, 1.165) is 31.6 Å². The minimum absolute atomic E-state index is 0.188. The molecule has 2 N–H and O–H groups in total. The van der Waals surface area contributed by atoms with E-state index in [4.69, 9.17) is 5.26 Å². The molecule has 1 atom stereocenters. The summed E-state index contributed by atoms with van der Waals surface area (Å²) in [7, 11) is 1.70. The van der Waals surface area contributed by atoms with Gasteiger partial charge in [-0.05, 0) is 32.7 Å². The molecule has 0 amide bonds. The number of aromatic nitrogens is 3. The number of aromatic amines is 1. The lowest BCUT2D eigenvalue weighted by molar-refractivity contribution is 0.415. The topological polar surface area (TPSA) is 86.5 Å². The van der Waals surface area contributed by atoms with Gasteiger partial charge in [-0.15, -0.1) is 5.10 Å². The Hall–Kier alpha value is -1.26. The first-order chi connectivity index (χ1) is 9.02. The van der Waals surface area contributed by atoms with Crippen molar-refractivity contribution in [2.45, 2.75) is 43.8 Å². The Balaban J connectivity index is 2.27. The Bertz CT molecular complexity index is 489. The number of thioether (sulfide) groups is 1. The van der Waals surface area contributed by atoms with Gasteiger partial charge in [0.05, 0.1) is 6.07 Å². The quantitative estimate of drug-likeness (QED) is 0.554. The molecule has 0 saturated carbocycles. The number of rotatable bonds is 8. The zero-order valence-electron chi connectivity index (χ0n) is 11.7. The minimum Gasteiger partial charge on any atom is -0.300 e. The molecule has 0 bridgehead atoms. The molecular weight excluding hydrogens is 262 g/mol. The van der Waals surface area contributed by atoms with E-state index in [-0.39, 0.29) is 5.69 Å². The van der Waals surface area contributed by atoms with Gasteiger partial charge < -0.3 is 0 Å². The number of hydrogen-bond donors (Lipinski definition) is 2. The van der Waals surface area contributed by atoms with Crippen molar-refractivity contribution in [3.05, 3.63) is 10.5 Å². The molecule has 106 valence electrons. The predicted molar refractivity (Wildman–Crippen MR) is 76.1 cm³/mol. The zero-order chi connectivity index (χ0) is 14.3. The Labute approximate surface area is 117 Å². The van der Waals surface area contributed by atoms with Crippen molar-refractivity contribution in [3.63, 3.8) is 0 Å². The minimum atomic E-state index is -0.432. The second-order valence-electron chi connectivity index (χ2n) is 4.65. The maximum absolute atomic E-state index is 11.2. The van der Waals surface area contributed by atoms with E-state index in [1.165, 1.54) is 4.57 Å². The molecule has 1 rings (SSSR count). The van der Waals surface area contributed by atoms with E-state index in [1.54, 1.807) is 18.8 Å². The third-order valence-electron chi connectivity index (χ3n) is 2.95. The van der Waals surface area contributed by atoms with Gasteiger partial charge in [-0.25, -0.2) is 9.89 Å². The first-order valence-corrected chi connectivity index (χ1v) is 7.41. The van der Waals surface area contributed by atoms with E-state index in [9.17, 15) is 4.79 Å². The van der Waals surface area contributed by atoms with Gasteiger partial charge in [0.25, 0.3) is 0 Å². The van der Waals surface area contributed by atoms with Crippen molar-refractivity contribution in [1.29, 1.82) is 5.26 Å². The monoisotopic (exact) mass is 283 g/mol. The van der Waals surface area contributed by atoms with Crippen molar-refractivity contribution in [3.8, 4) is 6.07 Å². The molecule has 6 nitrogen and oxygen atoms in total. The van der Waals surface area contributed by atoms with Crippen LogP contribution in [0.4, 0.5) is 0 Å². The lowest BCUT2D eigenvalue weighted by Crippen LogP contribution is -2.40. The van der Waals surface area contributed by atoms with Crippen LogP contribution in [0, 0.1) is 11.3 Å². The van der Waals surface area contributed by atoms with E-state index in [2.05, 4.69) is 21.6 Å². The molecule has 0 radical (unpaired) electrons. The van der Waals surface area contributed by atoms with Crippen molar-refractivity contribution in [2.75, 3.05) is 12.3 Å². The summed E-state index contributed by atoms with van der Waals surface area (Å²) in [5.41, 5.74) is -0.620. The van der Waals surface area contributed by atoms with E-state index >= 15 is 0 Å². The van der Waals surface area contributed by atoms with E-state index < -0.39 is 5.54 Å². The summed E-state index contributed by atoms with van der Waals surface area (Å²) >= 11 is 1.56. The first kappa shape index (κ1) is 15.8. The number of nitriles is 1. The molecular formula is C12H21N5OS. The Kier molecular flexibility index (Phi) is 6.12. The molecule has 0 aromatic carbocycles. The van der Waals surface area contributed by atoms with Gasteiger partial charge in [0.1, 0.15) is 5.54 Å². The molecule has 0 aliphatic rings. The van der Waals surface area contributed by atoms with Gasteiger partial charge in [-0.1, -0.05) is 18.7 Å². The fraction of sp³-hybridized carbons (Fsp3) is 0.750.